The summed E-state index contributed by atoms with van der Waals surface area (Å²) in [4.78, 5) is 0. The molecule has 0 fully saturated rings. The van der Waals surface area contributed by atoms with Crippen molar-refractivity contribution < 1.29 is 4.74 Å². The van der Waals surface area contributed by atoms with E-state index in [0.29, 0.717) is 17.2 Å². The van der Waals surface area contributed by atoms with Gasteiger partial charge in [0, 0.05) is 11.3 Å². The van der Waals surface area contributed by atoms with E-state index in [9.17, 15) is 0 Å². The Balaban J connectivity index is 1.56. The average Bonchev–Trinajstić information content (AvgIpc) is 2.99. The summed E-state index contributed by atoms with van der Waals surface area (Å²) >= 11 is 6.19. The highest BCUT2D eigenvalue weighted by atomic mass is 35.5. The van der Waals surface area contributed by atoms with E-state index < -0.39 is 0 Å². The SMILES string of the molecule is Cc1nn(-c2ccc(C#N)c(Cl)c2)c(C)c1COc1ccc2c(c1)CCCC2. The van der Waals surface area contributed by atoms with Crippen molar-refractivity contribution in [3.8, 4) is 17.5 Å². The van der Waals surface area contributed by atoms with Crippen LogP contribution in [0.3, 0.4) is 0 Å². The van der Waals surface area contributed by atoms with E-state index in [1.807, 2.05) is 24.6 Å². The lowest BCUT2D eigenvalue weighted by Gasteiger charge is -2.17. The summed E-state index contributed by atoms with van der Waals surface area (Å²) in [6, 6.07) is 13.9. The molecule has 142 valence electrons. The van der Waals surface area contributed by atoms with Gasteiger partial charge in [-0.05, 0) is 81.0 Å². The fourth-order valence-corrected chi connectivity index (χ4v) is 4.03. The molecule has 0 atom stereocenters. The van der Waals surface area contributed by atoms with Gasteiger partial charge in [0.2, 0.25) is 0 Å². The number of fused-ring (bicyclic) bond motifs is 1. The van der Waals surface area contributed by atoms with Crippen molar-refractivity contribution in [2.24, 2.45) is 0 Å². The van der Waals surface area contributed by atoms with Crippen LogP contribution in [0.1, 0.15) is 46.5 Å². The van der Waals surface area contributed by atoms with E-state index in [0.717, 1.165) is 34.8 Å². The first-order valence-electron chi connectivity index (χ1n) is 9.56. The van der Waals surface area contributed by atoms with Crippen molar-refractivity contribution in [3.05, 3.63) is 75.1 Å². The smallest absolute Gasteiger partial charge is 0.120 e. The molecule has 0 spiro atoms. The van der Waals surface area contributed by atoms with Gasteiger partial charge in [-0.2, -0.15) is 10.4 Å². The van der Waals surface area contributed by atoms with Crippen molar-refractivity contribution in [1.82, 2.24) is 9.78 Å². The summed E-state index contributed by atoms with van der Waals surface area (Å²) < 4.78 is 7.96. The van der Waals surface area contributed by atoms with Crippen LogP contribution in [0.15, 0.2) is 36.4 Å². The van der Waals surface area contributed by atoms with Gasteiger partial charge in [-0.25, -0.2) is 4.68 Å². The van der Waals surface area contributed by atoms with Crippen LogP contribution in [-0.2, 0) is 19.4 Å². The van der Waals surface area contributed by atoms with Crippen LogP contribution in [0.5, 0.6) is 5.75 Å². The third kappa shape index (κ3) is 3.50. The summed E-state index contributed by atoms with van der Waals surface area (Å²) in [5.74, 6) is 0.911. The minimum atomic E-state index is 0.430. The predicted octanol–water partition coefficient (Wildman–Crippen LogP) is 5.47. The summed E-state index contributed by atoms with van der Waals surface area (Å²) in [6.07, 6.45) is 4.86. The maximum Gasteiger partial charge on any atom is 0.120 e. The normalized spacial score (nSPS) is 13.1. The average molecular weight is 392 g/mol. The van der Waals surface area contributed by atoms with Gasteiger partial charge in [0.05, 0.1) is 22.0 Å². The molecule has 2 aromatic carbocycles. The standard InChI is InChI=1S/C23H22ClN3O/c1-15-22(14-28-21-10-8-17-5-3-4-6-18(17)11-21)16(2)27(26-15)20-9-7-19(13-25)23(24)12-20/h7-12H,3-6,14H2,1-2H3. The molecule has 0 saturated heterocycles. The van der Waals surface area contributed by atoms with Crippen molar-refractivity contribution in [3.63, 3.8) is 0 Å². The Morgan fingerprint density at radius 1 is 1.11 bits per heavy atom. The molecule has 0 aliphatic heterocycles. The fourth-order valence-electron chi connectivity index (χ4n) is 3.82. The molecule has 3 aromatic rings. The number of rotatable bonds is 4. The van der Waals surface area contributed by atoms with E-state index in [4.69, 9.17) is 21.6 Å². The lowest BCUT2D eigenvalue weighted by atomic mass is 9.92. The van der Waals surface area contributed by atoms with Crippen LogP contribution >= 0.6 is 11.6 Å². The van der Waals surface area contributed by atoms with Crippen LogP contribution in [0.25, 0.3) is 5.69 Å². The quantitative estimate of drug-likeness (QED) is 0.592. The van der Waals surface area contributed by atoms with Gasteiger partial charge in [-0.15, -0.1) is 0 Å². The number of aromatic nitrogens is 2. The minimum absolute atomic E-state index is 0.430. The molecule has 0 unspecified atom stereocenters. The van der Waals surface area contributed by atoms with Crippen LogP contribution in [0, 0.1) is 25.2 Å². The number of ether oxygens (including phenoxy) is 1. The Morgan fingerprint density at radius 2 is 1.89 bits per heavy atom. The minimum Gasteiger partial charge on any atom is -0.489 e. The van der Waals surface area contributed by atoms with Gasteiger partial charge in [0.25, 0.3) is 0 Å². The van der Waals surface area contributed by atoms with Gasteiger partial charge < -0.3 is 4.74 Å². The topological polar surface area (TPSA) is 50.8 Å². The summed E-state index contributed by atoms with van der Waals surface area (Å²) in [5, 5.41) is 14.1. The second-order valence-electron chi connectivity index (χ2n) is 7.26. The third-order valence-corrected chi connectivity index (χ3v) is 5.77. The monoisotopic (exact) mass is 391 g/mol. The maximum atomic E-state index is 9.06. The molecule has 1 aliphatic carbocycles. The van der Waals surface area contributed by atoms with Crippen molar-refractivity contribution in [2.45, 2.75) is 46.1 Å². The van der Waals surface area contributed by atoms with Gasteiger partial charge in [-0.1, -0.05) is 17.7 Å². The molecule has 0 bridgehead atoms. The number of benzene rings is 2. The molecule has 0 saturated carbocycles. The highest BCUT2D eigenvalue weighted by Crippen LogP contribution is 2.27. The van der Waals surface area contributed by atoms with Crippen molar-refractivity contribution >= 4 is 11.6 Å². The predicted molar refractivity (Wildman–Crippen MR) is 110 cm³/mol. The largest absolute Gasteiger partial charge is 0.489 e. The van der Waals surface area contributed by atoms with Gasteiger partial charge in [0.1, 0.15) is 18.4 Å². The fraction of sp³-hybridized carbons (Fsp3) is 0.304. The zero-order valence-corrected chi connectivity index (χ0v) is 16.9. The summed E-state index contributed by atoms with van der Waals surface area (Å²) in [6.45, 7) is 4.48. The van der Waals surface area contributed by atoms with Gasteiger partial charge >= 0.3 is 0 Å². The molecular weight excluding hydrogens is 370 g/mol. The highest BCUT2D eigenvalue weighted by molar-refractivity contribution is 6.31. The zero-order valence-electron chi connectivity index (χ0n) is 16.1. The first-order valence-corrected chi connectivity index (χ1v) is 9.94. The van der Waals surface area contributed by atoms with Gasteiger partial charge in [0.15, 0.2) is 0 Å². The Labute approximate surface area is 170 Å². The highest BCUT2D eigenvalue weighted by Gasteiger charge is 2.15. The van der Waals surface area contributed by atoms with E-state index in [1.165, 1.54) is 30.4 Å². The van der Waals surface area contributed by atoms with E-state index in [1.54, 1.807) is 12.1 Å². The number of hydrogen-bond donors (Lipinski definition) is 0. The number of halogens is 1. The molecule has 1 aliphatic rings. The zero-order chi connectivity index (χ0) is 19.7. The van der Waals surface area contributed by atoms with E-state index >= 15 is 0 Å². The Kier molecular flexibility index (Phi) is 5.11. The van der Waals surface area contributed by atoms with E-state index in [2.05, 4.69) is 29.4 Å². The van der Waals surface area contributed by atoms with Crippen molar-refractivity contribution in [2.75, 3.05) is 0 Å². The van der Waals surface area contributed by atoms with Crippen LogP contribution in [0.4, 0.5) is 0 Å². The molecule has 0 radical (unpaired) electrons. The molecule has 28 heavy (non-hydrogen) atoms. The second kappa shape index (κ2) is 7.69. The number of aryl methyl sites for hydroxylation is 3. The molecule has 1 aromatic heterocycles. The molecule has 0 amide bonds. The first-order chi connectivity index (χ1) is 13.6. The maximum absolute atomic E-state index is 9.06. The number of nitrogens with zero attached hydrogens (tertiary/aromatic N) is 3. The number of hydrogen-bond acceptors (Lipinski definition) is 3. The lowest BCUT2D eigenvalue weighted by Crippen LogP contribution is -2.04. The lowest BCUT2D eigenvalue weighted by molar-refractivity contribution is 0.304. The molecule has 5 heteroatoms. The Hall–Kier alpha value is -2.77. The molecule has 1 heterocycles. The molecule has 4 rings (SSSR count). The van der Waals surface area contributed by atoms with Crippen LogP contribution in [-0.4, -0.2) is 9.78 Å². The van der Waals surface area contributed by atoms with Gasteiger partial charge in [-0.3, -0.25) is 0 Å². The van der Waals surface area contributed by atoms with Crippen molar-refractivity contribution in [1.29, 1.82) is 5.26 Å². The Morgan fingerprint density at radius 3 is 2.64 bits per heavy atom. The Bertz CT molecular complexity index is 1080. The third-order valence-electron chi connectivity index (χ3n) is 5.46. The van der Waals surface area contributed by atoms with Crippen LogP contribution in [0.2, 0.25) is 5.02 Å². The molecular formula is C23H22ClN3O. The summed E-state index contributed by atoms with van der Waals surface area (Å²) in [7, 11) is 0. The number of nitriles is 1. The van der Waals surface area contributed by atoms with E-state index in [-0.39, 0.29) is 0 Å². The summed E-state index contributed by atoms with van der Waals surface area (Å²) in [5.41, 5.74) is 7.18. The molecule has 4 nitrogen and oxygen atoms in total. The second-order valence-corrected chi connectivity index (χ2v) is 7.67. The van der Waals surface area contributed by atoms with Crippen LogP contribution < -0.4 is 4.74 Å². The molecule has 0 N–H and O–H groups in total. The first kappa shape index (κ1) is 18.6.